The molecule has 2 rings (SSSR count). The highest BCUT2D eigenvalue weighted by atomic mass is 15.1. The molecule has 0 bridgehead atoms. The van der Waals surface area contributed by atoms with Crippen molar-refractivity contribution in [3.63, 3.8) is 0 Å². The topological polar surface area (TPSA) is 63.8 Å². The number of nitrogens with two attached hydrogens (primary N) is 1. The van der Waals surface area contributed by atoms with E-state index in [1.54, 1.807) is 0 Å². The van der Waals surface area contributed by atoms with Crippen LogP contribution in [0, 0.1) is 19.8 Å². The van der Waals surface area contributed by atoms with E-state index in [1.807, 2.05) is 19.9 Å². The molecule has 0 saturated heterocycles. The van der Waals surface area contributed by atoms with E-state index in [2.05, 4.69) is 15.3 Å². The van der Waals surface area contributed by atoms with Crippen LogP contribution in [-0.4, -0.2) is 22.6 Å². The van der Waals surface area contributed by atoms with Crippen molar-refractivity contribution in [2.24, 2.45) is 11.7 Å². The van der Waals surface area contributed by atoms with Gasteiger partial charge in [-0.05, 0) is 38.7 Å². The predicted molar refractivity (Wildman–Crippen MR) is 65.3 cm³/mol. The zero-order valence-electron chi connectivity index (χ0n) is 10.0. The first-order chi connectivity index (χ1) is 7.65. The molecule has 4 heteroatoms. The molecule has 1 aromatic heterocycles. The third-order valence-electron chi connectivity index (χ3n) is 3.22. The molecule has 0 radical (unpaired) electrons. The number of nitrogens with zero attached hydrogens (tertiary/aromatic N) is 2. The van der Waals surface area contributed by atoms with Crippen LogP contribution in [-0.2, 0) is 0 Å². The summed E-state index contributed by atoms with van der Waals surface area (Å²) in [5.74, 6) is 1.31. The van der Waals surface area contributed by atoms with E-state index in [-0.39, 0.29) is 0 Å². The van der Waals surface area contributed by atoms with E-state index >= 15 is 0 Å². The Balaban J connectivity index is 1.94. The summed E-state index contributed by atoms with van der Waals surface area (Å²) >= 11 is 0. The summed E-state index contributed by atoms with van der Waals surface area (Å²) in [5, 5.41) is 3.30. The first kappa shape index (κ1) is 11.3. The van der Waals surface area contributed by atoms with Crippen LogP contribution in [0.4, 0.5) is 5.95 Å². The Bertz CT molecular complexity index is 344. The van der Waals surface area contributed by atoms with Gasteiger partial charge in [0.1, 0.15) is 0 Å². The van der Waals surface area contributed by atoms with E-state index in [0.717, 1.165) is 30.3 Å². The fourth-order valence-corrected chi connectivity index (χ4v) is 2.35. The van der Waals surface area contributed by atoms with Gasteiger partial charge in [0.15, 0.2) is 0 Å². The number of nitrogens with one attached hydrogen (secondary N) is 1. The van der Waals surface area contributed by atoms with Crippen molar-refractivity contribution in [3.8, 4) is 0 Å². The molecule has 1 saturated carbocycles. The van der Waals surface area contributed by atoms with E-state index in [0.29, 0.717) is 12.0 Å². The highest BCUT2D eigenvalue weighted by molar-refractivity contribution is 5.27. The molecule has 1 aliphatic carbocycles. The summed E-state index contributed by atoms with van der Waals surface area (Å²) < 4.78 is 0. The standard InChI is InChI=1S/C12H20N4/c1-8-6-9(2)16-12(15-8)14-7-10-4-3-5-11(10)13/h6,10-11H,3-5,7,13H2,1-2H3,(H,14,15,16). The number of hydrogen-bond acceptors (Lipinski definition) is 4. The SMILES string of the molecule is Cc1cc(C)nc(NCC2CCCC2N)n1. The number of aromatic nitrogens is 2. The van der Waals surface area contributed by atoms with Gasteiger partial charge < -0.3 is 11.1 Å². The molecule has 1 fully saturated rings. The lowest BCUT2D eigenvalue weighted by Crippen LogP contribution is -2.30. The summed E-state index contributed by atoms with van der Waals surface area (Å²) in [4.78, 5) is 8.71. The van der Waals surface area contributed by atoms with Gasteiger partial charge in [-0.15, -0.1) is 0 Å². The predicted octanol–water partition coefficient (Wildman–Crippen LogP) is 1.63. The van der Waals surface area contributed by atoms with Gasteiger partial charge in [-0.25, -0.2) is 9.97 Å². The Labute approximate surface area is 96.7 Å². The first-order valence-corrected chi connectivity index (χ1v) is 5.97. The third-order valence-corrected chi connectivity index (χ3v) is 3.22. The summed E-state index contributed by atoms with van der Waals surface area (Å²) in [6.07, 6.45) is 3.63. The molecule has 2 unspecified atom stereocenters. The molecule has 0 spiro atoms. The Kier molecular flexibility index (Phi) is 3.39. The molecule has 0 amide bonds. The summed E-state index contributed by atoms with van der Waals surface area (Å²) in [6.45, 7) is 4.87. The Morgan fingerprint density at radius 1 is 1.31 bits per heavy atom. The van der Waals surface area contributed by atoms with Gasteiger partial charge in [0.2, 0.25) is 5.95 Å². The van der Waals surface area contributed by atoms with Crippen molar-refractivity contribution >= 4 is 5.95 Å². The van der Waals surface area contributed by atoms with Crippen LogP contribution < -0.4 is 11.1 Å². The molecule has 1 heterocycles. The van der Waals surface area contributed by atoms with Crippen LogP contribution in [0.1, 0.15) is 30.7 Å². The molecule has 0 aliphatic heterocycles. The minimum Gasteiger partial charge on any atom is -0.354 e. The van der Waals surface area contributed by atoms with Gasteiger partial charge in [0.05, 0.1) is 0 Å². The lowest BCUT2D eigenvalue weighted by molar-refractivity contribution is 0.504. The molecule has 16 heavy (non-hydrogen) atoms. The number of aryl methyl sites for hydroxylation is 2. The second-order valence-electron chi connectivity index (χ2n) is 4.71. The highest BCUT2D eigenvalue weighted by Gasteiger charge is 2.23. The van der Waals surface area contributed by atoms with Gasteiger partial charge in [-0.2, -0.15) is 0 Å². The van der Waals surface area contributed by atoms with Crippen molar-refractivity contribution in [1.29, 1.82) is 0 Å². The molecule has 1 aliphatic rings. The van der Waals surface area contributed by atoms with Crippen molar-refractivity contribution in [2.45, 2.75) is 39.2 Å². The lowest BCUT2D eigenvalue weighted by atomic mass is 10.1. The van der Waals surface area contributed by atoms with Gasteiger partial charge in [-0.3, -0.25) is 0 Å². The molecular weight excluding hydrogens is 200 g/mol. The fourth-order valence-electron chi connectivity index (χ4n) is 2.35. The third kappa shape index (κ3) is 2.70. The van der Waals surface area contributed by atoms with Crippen LogP contribution in [0.25, 0.3) is 0 Å². The van der Waals surface area contributed by atoms with Crippen molar-refractivity contribution in [2.75, 3.05) is 11.9 Å². The minimum atomic E-state index is 0.346. The Morgan fingerprint density at radius 2 is 2.00 bits per heavy atom. The highest BCUT2D eigenvalue weighted by Crippen LogP contribution is 2.23. The number of hydrogen-bond donors (Lipinski definition) is 2. The molecule has 2 atom stereocenters. The van der Waals surface area contributed by atoms with Crippen LogP contribution in [0.15, 0.2) is 6.07 Å². The fraction of sp³-hybridized carbons (Fsp3) is 0.667. The summed E-state index contributed by atoms with van der Waals surface area (Å²) in [6, 6.07) is 2.32. The average molecular weight is 220 g/mol. The molecule has 0 aromatic carbocycles. The second-order valence-corrected chi connectivity index (χ2v) is 4.71. The van der Waals surface area contributed by atoms with Gasteiger partial charge in [0.25, 0.3) is 0 Å². The molecule has 88 valence electrons. The second kappa shape index (κ2) is 4.78. The van der Waals surface area contributed by atoms with Gasteiger partial charge in [-0.1, -0.05) is 6.42 Å². The van der Waals surface area contributed by atoms with E-state index in [9.17, 15) is 0 Å². The molecule has 3 N–H and O–H groups in total. The maximum atomic E-state index is 6.02. The molecular formula is C12H20N4. The Morgan fingerprint density at radius 3 is 2.56 bits per heavy atom. The minimum absolute atomic E-state index is 0.346. The van der Waals surface area contributed by atoms with Crippen LogP contribution in [0.2, 0.25) is 0 Å². The average Bonchev–Trinajstić information content (AvgIpc) is 2.59. The quantitative estimate of drug-likeness (QED) is 0.812. The maximum Gasteiger partial charge on any atom is 0.223 e. The maximum absolute atomic E-state index is 6.02. The van der Waals surface area contributed by atoms with Gasteiger partial charge in [0, 0.05) is 24.0 Å². The smallest absolute Gasteiger partial charge is 0.223 e. The number of rotatable bonds is 3. The van der Waals surface area contributed by atoms with Gasteiger partial charge >= 0.3 is 0 Å². The molecule has 1 aromatic rings. The Hall–Kier alpha value is -1.16. The zero-order valence-corrected chi connectivity index (χ0v) is 10.0. The van der Waals surface area contributed by atoms with Crippen molar-refractivity contribution in [1.82, 2.24) is 9.97 Å². The van der Waals surface area contributed by atoms with Crippen LogP contribution >= 0.6 is 0 Å². The van der Waals surface area contributed by atoms with E-state index in [1.165, 1.54) is 12.8 Å². The summed E-state index contributed by atoms with van der Waals surface area (Å²) in [5.41, 5.74) is 8.03. The molecule has 4 nitrogen and oxygen atoms in total. The lowest BCUT2D eigenvalue weighted by Gasteiger charge is -2.16. The van der Waals surface area contributed by atoms with E-state index in [4.69, 9.17) is 5.73 Å². The normalized spacial score (nSPS) is 24.7. The van der Waals surface area contributed by atoms with Crippen LogP contribution in [0.5, 0.6) is 0 Å². The largest absolute Gasteiger partial charge is 0.354 e. The van der Waals surface area contributed by atoms with Crippen molar-refractivity contribution < 1.29 is 0 Å². The zero-order chi connectivity index (χ0) is 11.5. The van der Waals surface area contributed by atoms with Crippen molar-refractivity contribution in [3.05, 3.63) is 17.5 Å². The number of anilines is 1. The van der Waals surface area contributed by atoms with Crippen LogP contribution in [0.3, 0.4) is 0 Å². The monoisotopic (exact) mass is 220 g/mol. The first-order valence-electron chi connectivity index (χ1n) is 5.97. The van der Waals surface area contributed by atoms with E-state index < -0.39 is 0 Å². The summed E-state index contributed by atoms with van der Waals surface area (Å²) in [7, 11) is 0.